The number of pyridine rings is 1. The van der Waals surface area contributed by atoms with E-state index in [1.807, 2.05) is 37.9 Å². The molecule has 1 saturated heterocycles. The fraction of sp³-hybridized carbons (Fsp3) is 0.500. The molecule has 1 aromatic heterocycles. The number of carbonyl (C=O) groups excluding carboxylic acids is 1. The maximum absolute atomic E-state index is 12.7. The molecule has 1 amide bonds. The molecule has 24 heavy (non-hydrogen) atoms. The van der Waals surface area contributed by atoms with Crippen LogP contribution in [0.2, 0.25) is 0 Å². The highest BCUT2D eigenvalue weighted by atomic mass is 16.6. The largest absolute Gasteiger partial charge is 0.444 e. The van der Waals surface area contributed by atoms with E-state index in [0.717, 1.165) is 24.9 Å². The number of hydrogen-bond donors (Lipinski definition) is 0. The standard InChI is InChI=1S/C20H26N2O2/c1-14-7-10-18(22(13-14)19(23)24-20(2,3)4)16-9-8-15-6-5-11-21-17(15)12-16/h5-6,8-9,11-12,14,18H,7,10,13H2,1-4H3/p+1/t14-,18+/m0/s1. The van der Waals surface area contributed by atoms with Crippen molar-refractivity contribution in [1.82, 2.24) is 4.90 Å². The van der Waals surface area contributed by atoms with Gasteiger partial charge in [0.25, 0.3) is 0 Å². The molecule has 2 heterocycles. The summed E-state index contributed by atoms with van der Waals surface area (Å²) in [7, 11) is 0. The third kappa shape index (κ3) is 3.69. The molecule has 4 heteroatoms. The Hall–Kier alpha value is -2.10. The number of carbonyl (C=O) groups is 1. The summed E-state index contributed by atoms with van der Waals surface area (Å²) in [5.74, 6) is 0.501. The molecule has 0 unspecified atom stereocenters. The highest BCUT2D eigenvalue weighted by molar-refractivity contribution is 5.76. The van der Waals surface area contributed by atoms with Crippen molar-refractivity contribution in [3.8, 4) is 0 Å². The monoisotopic (exact) mass is 327 g/mol. The Morgan fingerprint density at radius 2 is 2.04 bits per heavy atom. The number of benzene rings is 1. The number of aromatic amines is 1. The number of piperidine rings is 1. The molecule has 2 aromatic rings. The highest BCUT2D eigenvalue weighted by Gasteiger charge is 2.34. The minimum Gasteiger partial charge on any atom is -0.444 e. The van der Waals surface area contributed by atoms with Crippen LogP contribution >= 0.6 is 0 Å². The third-order valence-corrected chi connectivity index (χ3v) is 4.52. The van der Waals surface area contributed by atoms with E-state index in [1.54, 1.807) is 0 Å². The van der Waals surface area contributed by atoms with Gasteiger partial charge in [-0.15, -0.1) is 0 Å². The van der Waals surface area contributed by atoms with Gasteiger partial charge in [-0.3, -0.25) is 0 Å². The minimum atomic E-state index is -0.473. The quantitative estimate of drug-likeness (QED) is 0.781. The number of rotatable bonds is 1. The lowest BCUT2D eigenvalue weighted by molar-refractivity contribution is -0.344. The van der Waals surface area contributed by atoms with Gasteiger partial charge in [-0.2, -0.15) is 0 Å². The van der Waals surface area contributed by atoms with E-state index in [1.165, 1.54) is 10.9 Å². The molecule has 128 valence electrons. The van der Waals surface area contributed by atoms with Gasteiger partial charge in [0.2, 0.25) is 5.52 Å². The van der Waals surface area contributed by atoms with Gasteiger partial charge >= 0.3 is 6.09 Å². The predicted octanol–water partition coefficient (Wildman–Crippen LogP) is 4.36. The topological polar surface area (TPSA) is 43.7 Å². The summed E-state index contributed by atoms with van der Waals surface area (Å²) >= 11 is 0. The van der Waals surface area contributed by atoms with Crippen LogP contribution in [0.5, 0.6) is 0 Å². The normalized spacial score (nSPS) is 21.8. The van der Waals surface area contributed by atoms with Crippen LogP contribution in [0.4, 0.5) is 4.79 Å². The number of nitrogens with one attached hydrogen (secondary N) is 1. The first-order valence-corrected chi connectivity index (χ1v) is 8.73. The van der Waals surface area contributed by atoms with Crippen LogP contribution in [0.15, 0.2) is 36.5 Å². The summed E-state index contributed by atoms with van der Waals surface area (Å²) in [4.78, 5) is 17.9. The molecule has 2 atom stereocenters. The van der Waals surface area contributed by atoms with Crippen molar-refractivity contribution in [3.05, 3.63) is 42.1 Å². The lowest BCUT2D eigenvalue weighted by Crippen LogP contribution is -2.44. The van der Waals surface area contributed by atoms with Crippen molar-refractivity contribution >= 4 is 17.0 Å². The predicted molar refractivity (Wildman–Crippen MR) is 94.6 cm³/mol. The molecular weight excluding hydrogens is 300 g/mol. The van der Waals surface area contributed by atoms with Gasteiger partial charge in [0.15, 0.2) is 6.20 Å². The van der Waals surface area contributed by atoms with Crippen molar-refractivity contribution < 1.29 is 14.5 Å². The van der Waals surface area contributed by atoms with Crippen molar-refractivity contribution in [2.24, 2.45) is 5.92 Å². The molecule has 1 N–H and O–H groups in total. The van der Waals surface area contributed by atoms with Gasteiger partial charge in [-0.05, 0) is 57.2 Å². The van der Waals surface area contributed by atoms with E-state index < -0.39 is 5.60 Å². The first kappa shape index (κ1) is 16.7. The number of ether oxygens (including phenoxy) is 1. The Morgan fingerprint density at radius 1 is 1.25 bits per heavy atom. The first-order chi connectivity index (χ1) is 11.3. The zero-order valence-corrected chi connectivity index (χ0v) is 15.0. The number of aromatic nitrogens is 1. The molecular formula is C20H27N2O2+. The van der Waals surface area contributed by atoms with E-state index >= 15 is 0 Å². The molecule has 0 aliphatic carbocycles. The zero-order valence-electron chi connectivity index (χ0n) is 15.0. The summed E-state index contributed by atoms with van der Waals surface area (Å²) in [6.07, 6.45) is 3.82. The van der Waals surface area contributed by atoms with Gasteiger partial charge in [0.05, 0.1) is 6.04 Å². The Balaban J connectivity index is 1.91. The molecule has 0 radical (unpaired) electrons. The lowest BCUT2D eigenvalue weighted by atomic mass is 9.90. The van der Waals surface area contributed by atoms with Crippen molar-refractivity contribution in [3.63, 3.8) is 0 Å². The van der Waals surface area contributed by atoms with Gasteiger partial charge in [0, 0.05) is 24.1 Å². The van der Waals surface area contributed by atoms with Crippen LogP contribution in [0.25, 0.3) is 10.9 Å². The molecule has 1 aromatic carbocycles. The van der Waals surface area contributed by atoms with Crippen LogP contribution < -0.4 is 4.98 Å². The van der Waals surface area contributed by atoms with E-state index in [2.05, 4.69) is 36.2 Å². The second-order valence-electron chi connectivity index (χ2n) is 7.85. The van der Waals surface area contributed by atoms with Crippen molar-refractivity contribution in [1.29, 1.82) is 0 Å². The molecule has 1 fully saturated rings. The SMILES string of the molecule is C[C@H]1CC[C@H](c2ccc3ccc[nH+]c3c2)N(C(=O)OC(C)(C)C)C1. The van der Waals surface area contributed by atoms with Crippen LogP contribution in [0.3, 0.4) is 0 Å². The lowest BCUT2D eigenvalue weighted by Gasteiger charge is -2.39. The van der Waals surface area contributed by atoms with Gasteiger partial charge in [0.1, 0.15) is 5.60 Å². The van der Waals surface area contributed by atoms with Gasteiger partial charge in [-0.1, -0.05) is 13.0 Å². The number of hydrogen-bond acceptors (Lipinski definition) is 2. The van der Waals surface area contributed by atoms with Crippen LogP contribution in [-0.2, 0) is 4.74 Å². The van der Waals surface area contributed by atoms with E-state index in [0.29, 0.717) is 5.92 Å². The zero-order chi connectivity index (χ0) is 17.3. The molecule has 0 spiro atoms. The Kier molecular flexibility index (Phi) is 4.48. The third-order valence-electron chi connectivity index (χ3n) is 4.52. The molecule has 0 saturated carbocycles. The fourth-order valence-corrected chi connectivity index (χ4v) is 3.36. The molecule has 1 aliphatic rings. The Bertz CT molecular complexity index is 736. The van der Waals surface area contributed by atoms with Crippen molar-refractivity contribution in [2.45, 2.75) is 52.2 Å². The van der Waals surface area contributed by atoms with Gasteiger partial charge < -0.3 is 9.64 Å². The van der Waals surface area contributed by atoms with Crippen LogP contribution in [0, 0.1) is 5.92 Å². The Morgan fingerprint density at radius 3 is 2.79 bits per heavy atom. The second kappa shape index (κ2) is 6.42. The maximum Gasteiger partial charge on any atom is 0.410 e. The maximum atomic E-state index is 12.7. The second-order valence-corrected chi connectivity index (χ2v) is 7.85. The molecule has 0 bridgehead atoms. The fourth-order valence-electron chi connectivity index (χ4n) is 3.36. The minimum absolute atomic E-state index is 0.0778. The summed E-state index contributed by atoms with van der Waals surface area (Å²) in [6.45, 7) is 8.69. The summed E-state index contributed by atoms with van der Waals surface area (Å²) in [6, 6.07) is 10.6. The number of H-pyrrole nitrogens is 1. The average molecular weight is 327 g/mol. The van der Waals surface area contributed by atoms with Crippen LogP contribution in [0.1, 0.15) is 52.1 Å². The molecule has 4 nitrogen and oxygen atoms in total. The summed E-state index contributed by atoms with van der Waals surface area (Å²) < 4.78 is 5.64. The van der Waals surface area contributed by atoms with Gasteiger partial charge in [-0.25, -0.2) is 9.78 Å². The Labute approximate surface area is 143 Å². The number of likely N-dealkylation sites (tertiary alicyclic amines) is 1. The van der Waals surface area contributed by atoms with Crippen LogP contribution in [-0.4, -0.2) is 23.1 Å². The summed E-state index contributed by atoms with van der Waals surface area (Å²) in [5, 5.41) is 1.18. The molecule has 3 rings (SSSR count). The van der Waals surface area contributed by atoms with E-state index in [9.17, 15) is 4.79 Å². The molecule has 1 aliphatic heterocycles. The highest BCUT2D eigenvalue weighted by Crippen LogP contribution is 2.35. The summed E-state index contributed by atoms with van der Waals surface area (Å²) in [5.41, 5.74) is 1.79. The smallest absolute Gasteiger partial charge is 0.410 e. The van der Waals surface area contributed by atoms with E-state index in [4.69, 9.17) is 4.74 Å². The van der Waals surface area contributed by atoms with E-state index in [-0.39, 0.29) is 12.1 Å². The number of fused-ring (bicyclic) bond motifs is 1. The number of amides is 1. The number of nitrogens with zero attached hydrogens (tertiary/aromatic N) is 1. The first-order valence-electron chi connectivity index (χ1n) is 8.73. The van der Waals surface area contributed by atoms with Crippen molar-refractivity contribution in [2.75, 3.05) is 6.54 Å². The average Bonchev–Trinajstić information content (AvgIpc) is 2.53.